The van der Waals surface area contributed by atoms with E-state index in [9.17, 15) is 18.0 Å². The lowest BCUT2D eigenvalue weighted by atomic mass is 10.2. The van der Waals surface area contributed by atoms with E-state index >= 15 is 0 Å². The minimum atomic E-state index is -3.98. The van der Waals surface area contributed by atoms with E-state index in [1.807, 2.05) is 6.92 Å². The van der Waals surface area contributed by atoms with Crippen molar-refractivity contribution in [1.82, 2.24) is 4.90 Å². The first-order chi connectivity index (χ1) is 15.3. The van der Waals surface area contributed by atoms with Gasteiger partial charge in [-0.1, -0.05) is 36.9 Å². The third kappa shape index (κ3) is 5.49. The van der Waals surface area contributed by atoms with Gasteiger partial charge in [-0.25, -0.2) is 0 Å². The molecule has 0 spiro atoms. The molecule has 1 fully saturated rings. The Morgan fingerprint density at radius 3 is 2.53 bits per heavy atom. The number of thioether (sulfide) groups is 1. The van der Waals surface area contributed by atoms with Crippen LogP contribution >= 0.6 is 11.8 Å². The van der Waals surface area contributed by atoms with E-state index in [-0.39, 0.29) is 34.8 Å². The number of amidine groups is 1. The molecule has 0 bridgehead atoms. The number of ether oxygens (including phenoxy) is 1. The predicted molar refractivity (Wildman–Crippen MR) is 125 cm³/mol. The number of methoxy groups -OCH3 is 1. The Hall–Kier alpha value is -2.85. The summed E-state index contributed by atoms with van der Waals surface area (Å²) in [6.45, 7) is 3.96. The van der Waals surface area contributed by atoms with Crippen LogP contribution in [0, 0.1) is 0 Å². The molecule has 10 heteroatoms. The Kier molecular flexibility index (Phi) is 7.57. The van der Waals surface area contributed by atoms with Gasteiger partial charge < -0.3 is 10.1 Å². The first-order valence-corrected chi connectivity index (χ1v) is 12.4. The molecule has 1 atom stereocenters. The van der Waals surface area contributed by atoms with Gasteiger partial charge in [0.05, 0.1) is 12.0 Å². The molecule has 2 aromatic carbocycles. The minimum absolute atomic E-state index is 0.0607. The Labute approximate surface area is 192 Å². The van der Waals surface area contributed by atoms with Crippen molar-refractivity contribution in [1.29, 1.82) is 0 Å². The molecular weight excluding hydrogens is 450 g/mol. The summed E-state index contributed by atoms with van der Waals surface area (Å²) in [5.41, 5.74) is 1.56. The Morgan fingerprint density at radius 2 is 1.91 bits per heavy atom. The molecule has 0 unspecified atom stereocenters. The number of amides is 2. The molecule has 1 aliphatic rings. The van der Waals surface area contributed by atoms with Crippen molar-refractivity contribution in [3.05, 3.63) is 54.1 Å². The SMILES string of the molecule is CCc1ccc(S(=O)(=O)N=C2S[C@H](CC(=O)Nc3cccc(OC)c3)C(=O)N2CC)cc1. The molecule has 1 aliphatic heterocycles. The third-order valence-electron chi connectivity index (χ3n) is 4.89. The quantitative estimate of drug-likeness (QED) is 0.628. The zero-order chi connectivity index (χ0) is 23.3. The molecule has 32 heavy (non-hydrogen) atoms. The number of carbonyl (C=O) groups is 2. The molecule has 2 aromatic rings. The van der Waals surface area contributed by atoms with Crippen LogP contribution < -0.4 is 10.1 Å². The highest BCUT2D eigenvalue weighted by Crippen LogP contribution is 2.31. The molecule has 3 rings (SSSR count). The number of carbonyl (C=O) groups excluding carboxylic acids is 2. The fourth-order valence-electron chi connectivity index (χ4n) is 3.13. The normalized spacial score (nSPS) is 17.6. The van der Waals surface area contributed by atoms with E-state index in [1.165, 1.54) is 24.1 Å². The fourth-order valence-corrected chi connectivity index (χ4v) is 5.55. The van der Waals surface area contributed by atoms with Crippen molar-refractivity contribution >= 4 is 44.5 Å². The molecular formula is C22H25N3O5S2. The van der Waals surface area contributed by atoms with Crippen LogP contribution in [-0.4, -0.2) is 49.2 Å². The lowest BCUT2D eigenvalue weighted by Crippen LogP contribution is -2.33. The Bertz CT molecular complexity index is 1130. The van der Waals surface area contributed by atoms with Crippen molar-refractivity contribution in [2.24, 2.45) is 4.40 Å². The number of sulfonamides is 1. The van der Waals surface area contributed by atoms with Gasteiger partial charge in [-0.15, -0.1) is 4.40 Å². The number of hydrogen-bond donors (Lipinski definition) is 1. The van der Waals surface area contributed by atoms with Gasteiger partial charge in [-0.3, -0.25) is 14.5 Å². The number of rotatable bonds is 8. The topological polar surface area (TPSA) is 105 Å². The lowest BCUT2D eigenvalue weighted by molar-refractivity contribution is -0.128. The summed E-state index contributed by atoms with van der Waals surface area (Å²) in [6, 6.07) is 13.4. The van der Waals surface area contributed by atoms with Crippen LogP contribution in [0.25, 0.3) is 0 Å². The van der Waals surface area contributed by atoms with Gasteiger partial charge >= 0.3 is 0 Å². The monoisotopic (exact) mass is 475 g/mol. The van der Waals surface area contributed by atoms with Crippen LogP contribution in [0.5, 0.6) is 5.75 Å². The molecule has 1 N–H and O–H groups in total. The molecule has 1 saturated heterocycles. The maximum atomic E-state index is 12.8. The highest BCUT2D eigenvalue weighted by atomic mass is 32.2. The minimum Gasteiger partial charge on any atom is -0.497 e. The fraction of sp³-hybridized carbons (Fsp3) is 0.318. The smallest absolute Gasteiger partial charge is 0.284 e. The van der Waals surface area contributed by atoms with Crippen molar-refractivity contribution in [3.8, 4) is 5.75 Å². The van der Waals surface area contributed by atoms with Gasteiger partial charge in [-0.2, -0.15) is 8.42 Å². The van der Waals surface area contributed by atoms with E-state index < -0.39 is 15.3 Å². The molecule has 8 nitrogen and oxygen atoms in total. The van der Waals surface area contributed by atoms with Crippen LogP contribution in [0.4, 0.5) is 5.69 Å². The molecule has 0 aromatic heterocycles. The Balaban J connectivity index is 1.75. The van der Waals surface area contributed by atoms with Crippen LogP contribution in [0.1, 0.15) is 25.8 Å². The van der Waals surface area contributed by atoms with Gasteiger partial charge in [0, 0.05) is 24.7 Å². The second kappa shape index (κ2) is 10.2. The van der Waals surface area contributed by atoms with Crippen LogP contribution in [-0.2, 0) is 26.0 Å². The summed E-state index contributed by atoms with van der Waals surface area (Å²) in [5.74, 6) is -0.106. The summed E-state index contributed by atoms with van der Waals surface area (Å²) in [5, 5.41) is 2.06. The van der Waals surface area contributed by atoms with Crippen LogP contribution in [0.3, 0.4) is 0 Å². The van der Waals surface area contributed by atoms with Crippen molar-refractivity contribution in [3.63, 3.8) is 0 Å². The van der Waals surface area contributed by atoms with Gasteiger partial charge in [-0.05, 0) is 43.2 Å². The van der Waals surface area contributed by atoms with Gasteiger partial charge in [0.25, 0.3) is 10.0 Å². The summed E-state index contributed by atoms with van der Waals surface area (Å²) in [4.78, 5) is 26.6. The van der Waals surface area contributed by atoms with Crippen molar-refractivity contribution in [2.75, 3.05) is 19.0 Å². The van der Waals surface area contributed by atoms with Crippen molar-refractivity contribution in [2.45, 2.75) is 36.8 Å². The second-order valence-corrected chi connectivity index (χ2v) is 9.79. The summed E-state index contributed by atoms with van der Waals surface area (Å²) in [6.07, 6.45) is 0.684. The zero-order valence-corrected chi connectivity index (χ0v) is 19.7. The maximum absolute atomic E-state index is 12.8. The average molecular weight is 476 g/mol. The molecule has 1 heterocycles. The average Bonchev–Trinajstić information content (AvgIpc) is 3.06. The van der Waals surface area contributed by atoms with E-state index in [0.717, 1.165) is 23.7 Å². The number of hydrogen-bond acceptors (Lipinski definition) is 6. The largest absolute Gasteiger partial charge is 0.497 e. The number of nitrogens with zero attached hydrogens (tertiary/aromatic N) is 2. The summed E-state index contributed by atoms with van der Waals surface area (Å²) >= 11 is 0.989. The van der Waals surface area contributed by atoms with E-state index in [1.54, 1.807) is 43.3 Å². The second-order valence-electron chi connectivity index (χ2n) is 7.02. The molecule has 2 amide bonds. The highest BCUT2D eigenvalue weighted by molar-refractivity contribution is 8.16. The molecule has 0 saturated carbocycles. The molecule has 0 aliphatic carbocycles. The third-order valence-corrected chi connectivity index (χ3v) is 7.46. The van der Waals surface area contributed by atoms with E-state index in [2.05, 4.69) is 9.71 Å². The number of anilines is 1. The van der Waals surface area contributed by atoms with Gasteiger partial charge in [0.1, 0.15) is 11.0 Å². The predicted octanol–water partition coefficient (Wildman–Crippen LogP) is 3.30. The van der Waals surface area contributed by atoms with Gasteiger partial charge in [0.15, 0.2) is 5.17 Å². The summed E-state index contributed by atoms with van der Waals surface area (Å²) < 4.78 is 34.6. The van der Waals surface area contributed by atoms with E-state index in [0.29, 0.717) is 11.4 Å². The number of nitrogens with one attached hydrogen (secondary N) is 1. The lowest BCUT2D eigenvalue weighted by Gasteiger charge is -2.13. The first-order valence-electron chi connectivity index (χ1n) is 10.1. The Morgan fingerprint density at radius 1 is 1.19 bits per heavy atom. The highest BCUT2D eigenvalue weighted by Gasteiger charge is 2.39. The molecule has 170 valence electrons. The standard InChI is InChI=1S/C22H25N3O5S2/c1-4-15-9-11-18(12-10-15)32(28,29)24-22-25(5-2)21(27)19(31-22)14-20(26)23-16-7-6-8-17(13-16)30-3/h6-13,19H,4-5,14H2,1-3H3,(H,23,26)/t19-/m1/s1. The number of aryl methyl sites for hydroxylation is 1. The molecule has 0 radical (unpaired) electrons. The number of benzene rings is 2. The van der Waals surface area contributed by atoms with Crippen LogP contribution in [0.15, 0.2) is 57.8 Å². The zero-order valence-electron chi connectivity index (χ0n) is 18.1. The van der Waals surface area contributed by atoms with Crippen molar-refractivity contribution < 1.29 is 22.7 Å². The van der Waals surface area contributed by atoms with Crippen LogP contribution in [0.2, 0.25) is 0 Å². The van der Waals surface area contributed by atoms with E-state index in [4.69, 9.17) is 4.74 Å². The maximum Gasteiger partial charge on any atom is 0.284 e. The van der Waals surface area contributed by atoms with Gasteiger partial charge in [0.2, 0.25) is 11.8 Å². The summed E-state index contributed by atoms with van der Waals surface area (Å²) in [7, 11) is -2.46. The first kappa shape index (κ1) is 23.8.